The monoisotopic (exact) mass is 383 g/mol. The summed E-state index contributed by atoms with van der Waals surface area (Å²) in [5.74, 6) is -0.868. The molecule has 0 aliphatic heterocycles. The fourth-order valence-corrected chi connectivity index (χ4v) is 3.74. The first kappa shape index (κ1) is 26.4. The number of carbonyl (C=O) groups is 1. The molecule has 0 bridgehead atoms. The van der Waals surface area contributed by atoms with Gasteiger partial charge in [0, 0.05) is 0 Å². The van der Waals surface area contributed by atoms with Crippen molar-refractivity contribution in [3.8, 4) is 0 Å². The number of carboxylic acids is 1. The summed E-state index contributed by atoms with van der Waals surface area (Å²) in [5, 5.41) is 8.72. The summed E-state index contributed by atoms with van der Waals surface area (Å²) >= 11 is 0. The molecule has 0 saturated carbocycles. The molecular formula is C24H49NO2. The van der Waals surface area contributed by atoms with Crippen molar-refractivity contribution in [1.29, 1.82) is 0 Å². The first-order valence-electron chi connectivity index (χ1n) is 12.2. The molecule has 3 nitrogen and oxygen atoms in total. The quantitative estimate of drug-likeness (QED) is 0.189. The van der Waals surface area contributed by atoms with E-state index in [-0.39, 0.29) is 0 Å². The van der Waals surface area contributed by atoms with E-state index >= 15 is 0 Å². The number of unbranched alkanes of at least 4 members (excludes halogenated alkanes) is 19. The molecule has 0 aromatic rings. The summed E-state index contributed by atoms with van der Waals surface area (Å²) in [4.78, 5) is 10.6. The molecule has 0 aromatic carbocycles. The van der Waals surface area contributed by atoms with E-state index in [9.17, 15) is 4.79 Å². The molecule has 3 N–H and O–H groups in total. The van der Waals surface area contributed by atoms with Crippen LogP contribution in [0.3, 0.4) is 0 Å². The minimum absolute atomic E-state index is 0.619. The third-order valence-electron chi connectivity index (χ3n) is 5.69. The molecule has 0 fully saturated rings. The Bertz CT molecular complexity index is 307. The van der Waals surface area contributed by atoms with Crippen molar-refractivity contribution >= 4 is 5.97 Å². The third-order valence-corrected chi connectivity index (χ3v) is 5.69. The maximum Gasteiger partial charge on any atom is 0.320 e. The highest BCUT2D eigenvalue weighted by Crippen LogP contribution is 2.15. The Labute approximate surface area is 169 Å². The standard InChI is InChI=1S/C24H49NO2/c1-2-3-4-5-6-7-8-9-10-11-12-13-14-15-16-17-18-19-20-21-22-23(25)24(26)27/h23H,2-22,25H2,1H3,(H,26,27). The van der Waals surface area contributed by atoms with E-state index < -0.39 is 12.0 Å². The van der Waals surface area contributed by atoms with Gasteiger partial charge in [-0.05, 0) is 6.42 Å². The van der Waals surface area contributed by atoms with E-state index in [1.807, 2.05) is 0 Å². The fourth-order valence-electron chi connectivity index (χ4n) is 3.74. The smallest absolute Gasteiger partial charge is 0.320 e. The van der Waals surface area contributed by atoms with Crippen molar-refractivity contribution < 1.29 is 9.90 Å². The van der Waals surface area contributed by atoms with Crippen molar-refractivity contribution in [2.24, 2.45) is 5.73 Å². The van der Waals surface area contributed by atoms with Crippen LogP contribution in [-0.4, -0.2) is 17.1 Å². The summed E-state index contributed by atoms with van der Waals surface area (Å²) < 4.78 is 0. The van der Waals surface area contributed by atoms with Gasteiger partial charge in [-0.15, -0.1) is 0 Å². The fraction of sp³-hybridized carbons (Fsp3) is 0.958. The van der Waals surface area contributed by atoms with Gasteiger partial charge in [0.05, 0.1) is 0 Å². The lowest BCUT2D eigenvalue weighted by Gasteiger charge is -2.06. The van der Waals surface area contributed by atoms with E-state index in [0.717, 1.165) is 12.8 Å². The minimum Gasteiger partial charge on any atom is -0.480 e. The van der Waals surface area contributed by atoms with Crippen molar-refractivity contribution in [3.05, 3.63) is 0 Å². The van der Waals surface area contributed by atoms with Gasteiger partial charge in [0.25, 0.3) is 0 Å². The van der Waals surface area contributed by atoms with E-state index in [4.69, 9.17) is 10.8 Å². The lowest BCUT2D eigenvalue weighted by Crippen LogP contribution is -2.29. The van der Waals surface area contributed by atoms with Gasteiger partial charge in [-0.2, -0.15) is 0 Å². The summed E-state index contributed by atoms with van der Waals surface area (Å²) in [6, 6.07) is -0.666. The summed E-state index contributed by atoms with van der Waals surface area (Å²) in [5.41, 5.74) is 5.50. The number of rotatable bonds is 22. The molecule has 1 unspecified atom stereocenters. The molecule has 162 valence electrons. The maximum atomic E-state index is 10.6. The Balaban J connectivity index is 3.04. The van der Waals surface area contributed by atoms with E-state index in [1.54, 1.807) is 0 Å². The largest absolute Gasteiger partial charge is 0.480 e. The van der Waals surface area contributed by atoms with Gasteiger partial charge in [-0.1, -0.05) is 135 Å². The highest BCUT2D eigenvalue weighted by Gasteiger charge is 2.09. The Kier molecular flexibility index (Phi) is 21.3. The highest BCUT2D eigenvalue weighted by atomic mass is 16.4. The highest BCUT2D eigenvalue weighted by molar-refractivity contribution is 5.72. The van der Waals surface area contributed by atoms with Gasteiger partial charge in [-0.25, -0.2) is 0 Å². The molecule has 1 atom stereocenters. The first-order chi connectivity index (χ1) is 13.2. The van der Waals surface area contributed by atoms with Gasteiger partial charge in [-0.3, -0.25) is 4.79 Å². The number of aliphatic carboxylic acids is 1. The van der Waals surface area contributed by atoms with Crippen LogP contribution in [-0.2, 0) is 4.79 Å². The van der Waals surface area contributed by atoms with E-state index in [2.05, 4.69) is 6.92 Å². The molecule has 0 saturated heterocycles. The molecule has 0 aliphatic rings. The minimum atomic E-state index is -0.868. The summed E-state index contributed by atoms with van der Waals surface area (Å²) in [7, 11) is 0. The lowest BCUT2D eigenvalue weighted by atomic mass is 10.0. The first-order valence-corrected chi connectivity index (χ1v) is 12.2. The molecule has 0 rings (SSSR count). The lowest BCUT2D eigenvalue weighted by molar-refractivity contribution is -0.138. The molecule has 3 heteroatoms. The molecule has 0 heterocycles. The molecule has 0 aromatic heterocycles. The van der Waals surface area contributed by atoms with Crippen LogP contribution in [0.15, 0.2) is 0 Å². The number of hydrogen-bond donors (Lipinski definition) is 2. The maximum absolute atomic E-state index is 10.6. The predicted molar refractivity (Wildman–Crippen MR) is 118 cm³/mol. The normalized spacial score (nSPS) is 12.4. The second-order valence-electron chi connectivity index (χ2n) is 8.45. The van der Waals surface area contributed by atoms with Crippen LogP contribution in [0, 0.1) is 0 Å². The van der Waals surface area contributed by atoms with Crippen molar-refractivity contribution in [2.75, 3.05) is 0 Å². The van der Waals surface area contributed by atoms with Gasteiger partial charge in [0.15, 0.2) is 0 Å². The summed E-state index contributed by atoms with van der Waals surface area (Å²) in [6.07, 6.45) is 27.9. The summed E-state index contributed by atoms with van der Waals surface area (Å²) in [6.45, 7) is 2.28. The van der Waals surface area contributed by atoms with E-state index in [0.29, 0.717) is 6.42 Å². The van der Waals surface area contributed by atoms with Crippen LogP contribution in [0.5, 0.6) is 0 Å². The average molecular weight is 384 g/mol. The molecule has 0 radical (unpaired) electrons. The topological polar surface area (TPSA) is 63.3 Å². The zero-order chi connectivity index (χ0) is 20.0. The van der Waals surface area contributed by atoms with Crippen molar-refractivity contribution in [3.63, 3.8) is 0 Å². The molecule has 0 spiro atoms. The Hall–Kier alpha value is -0.570. The van der Waals surface area contributed by atoms with Crippen LogP contribution in [0.1, 0.15) is 142 Å². The zero-order valence-electron chi connectivity index (χ0n) is 18.4. The van der Waals surface area contributed by atoms with Gasteiger partial charge in [0.1, 0.15) is 6.04 Å². The Morgan fingerprint density at radius 3 is 1.11 bits per heavy atom. The zero-order valence-corrected chi connectivity index (χ0v) is 18.4. The second-order valence-corrected chi connectivity index (χ2v) is 8.45. The Morgan fingerprint density at radius 2 is 0.852 bits per heavy atom. The van der Waals surface area contributed by atoms with Gasteiger partial charge < -0.3 is 10.8 Å². The molecule has 0 aliphatic carbocycles. The Morgan fingerprint density at radius 1 is 0.593 bits per heavy atom. The SMILES string of the molecule is CCCCCCCCCCCCCCCCCCCCCCC(N)C(=O)O. The number of nitrogens with two attached hydrogens (primary N) is 1. The third kappa shape index (κ3) is 21.6. The average Bonchev–Trinajstić information content (AvgIpc) is 2.66. The molecule has 0 amide bonds. The second kappa shape index (κ2) is 21.7. The van der Waals surface area contributed by atoms with Gasteiger partial charge in [0.2, 0.25) is 0 Å². The van der Waals surface area contributed by atoms with Crippen LogP contribution < -0.4 is 5.73 Å². The van der Waals surface area contributed by atoms with Crippen LogP contribution in [0.2, 0.25) is 0 Å². The van der Waals surface area contributed by atoms with Gasteiger partial charge >= 0.3 is 5.97 Å². The van der Waals surface area contributed by atoms with E-state index in [1.165, 1.54) is 116 Å². The number of carboxylic acid groups (broad SMARTS) is 1. The molecule has 27 heavy (non-hydrogen) atoms. The van der Waals surface area contributed by atoms with Crippen molar-refractivity contribution in [2.45, 2.75) is 148 Å². The predicted octanol–water partition coefficient (Wildman–Crippen LogP) is 7.61. The van der Waals surface area contributed by atoms with Crippen molar-refractivity contribution in [1.82, 2.24) is 0 Å². The van der Waals surface area contributed by atoms with Crippen LogP contribution >= 0.6 is 0 Å². The number of hydrogen-bond acceptors (Lipinski definition) is 2. The van der Waals surface area contributed by atoms with Crippen LogP contribution in [0.4, 0.5) is 0 Å². The molecular weight excluding hydrogens is 334 g/mol. The van der Waals surface area contributed by atoms with Crippen LogP contribution in [0.25, 0.3) is 0 Å².